The van der Waals surface area contributed by atoms with E-state index in [2.05, 4.69) is 4.98 Å². The van der Waals surface area contributed by atoms with E-state index in [-0.39, 0.29) is 16.9 Å². The van der Waals surface area contributed by atoms with Crippen LogP contribution >= 0.6 is 11.3 Å². The molecule has 0 bridgehead atoms. The maximum absolute atomic E-state index is 12.8. The lowest BCUT2D eigenvalue weighted by Crippen LogP contribution is -2.41. The monoisotopic (exact) mass is 475 g/mol. The number of amides is 1. The molecule has 1 aliphatic heterocycles. The number of piperidine rings is 1. The van der Waals surface area contributed by atoms with Crippen molar-refractivity contribution >= 4 is 37.5 Å². The van der Waals surface area contributed by atoms with Gasteiger partial charge < -0.3 is 14.4 Å². The highest BCUT2D eigenvalue weighted by Gasteiger charge is 2.26. The minimum Gasteiger partial charge on any atom is -0.497 e. The molecule has 8 nitrogen and oxygen atoms in total. The van der Waals surface area contributed by atoms with Crippen molar-refractivity contribution in [1.82, 2.24) is 14.2 Å². The number of rotatable bonds is 6. The van der Waals surface area contributed by atoms with Crippen molar-refractivity contribution in [2.24, 2.45) is 0 Å². The molecule has 4 rings (SSSR count). The van der Waals surface area contributed by atoms with Gasteiger partial charge in [0.25, 0.3) is 11.1 Å². The van der Waals surface area contributed by atoms with E-state index in [0.717, 1.165) is 20.3 Å². The van der Waals surface area contributed by atoms with Gasteiger partial charge in [-0.1, -0.05) is 11.3 Å². The number of hydrogen-bond acceptors (Lipinski definition) is 7. The van der Waals surface area contributed by atoms with Crippen LogP contribution in [-0.2, 0) is 10.0 Å². The van der Waals surface area contributed by atoms with Crippen LogP contribution in [0, 0.1) is 0 Å². The smallest absolute Gasteiger partial charge is 0.274 e. The van der Waals surface area contributed by atoms with Gasteiger partial charge in [0.2, 0.25) is 10.0 Å². The largest absolute Gasteiger partial charge is 0.497 e. The van der Waals surface area contributed by atoms with Gasteiger partial charge in [-0.3, -0.25) is 4.79 Å². The number of ether oxygens (including phenoxy) is 2. The minimum atomic E-state index is -3.52. The fraction of sp³-hybridized carbons (Fsp3) is 0.364. The number of likely N-dealkylation sites (tertiary alicyclic amines) is 1. The van der Waals surface area contributed by atoms with Gasteiger partial charge in [-0.25, -0.2) is 17.7 Å². The molecule has 170 valence electrons. The van der Waals surface area contributed by atoms with Crippen LogP contribution in [0.25, 0.3) is 10.2 Å². The molecular formula is C22H25N3O5S2. The van der Waals surface area contributed by atoms with Crippen molar-refractivity contribution in [2.45, 2.75) is 23.8 Å². The Kier molecular flexibility index (Phi) is 6.36. The van der Waals surface area contributed by atoms with Crippen LogP contribution in [-0.4, -0.2) is 68.9 Å². The number of carbonyl (C=O) groups is 1. The Hall–Kier alpha value is -2.69. The van der Waals surface area contributed by atoms with Gasteiger partial charge in [-0.05, 0) is 36.4 Å². The average molecular weight is 476 g/mol. The quantitative estimate of drug-likeness (QED) is 0.544. The normalized spacial score (nSPS) is 15.3. The number of benzene rings is 2. The lowest BCUT2D eigenvalue weighted by atomic mass is 10.1. The molecule has 1 fully saturated rings. The zero-order chi connectivity index (χ0) is 22.9. The van der Waals surface area contributed by atoms with Crippen LogP contribution in [0.3, 0.4) is 0 Å². The summed E-state index contributed by atoms with van der Waals surface area (Å²) >= 11 is 1.50. The van der Waals surface area contributed by atoms with E-state index in [0.29, 0.717) is 36.7 Å². The number of carbonyl (C=O) groups excluding carboxylic acids is 1. The fourth-order valence-corrected chi connectivity index (χ4v) is 5.31. The zero-order valence-corrected chi connectivity index (χ0v) is 19.8. The molecule has 32 heavy (non-hydrogen) atoms. The van der Waals surface area contributed by atoms with E-state index < -0.39 is 10.0 Å². The highest BCUT2D eigenvalue weighted by molar-refractivity contribution is 7.89. The minimum absolute atomic E-state index is 0.00545. The number of thiazole rings is 1. The van der Waals surface area contributed by atoms with E-state index >= 15 is 0 Å². The molecule has 1 aromatic heterocycles. The second kappa shape index (κ2) is 9.05. The highest BCUT2D eigenvalue weighted by atomic mass is 32.2. The first kappa shape index (κ1) is 22.5. The summed E-state index contributed by atoms with van der Waals surface area (Å²) in [5.41, 5.74) is 1.32. The molecule has 0 saturated carbocycles. The number of hydrogen-bond donors (Lipinski definition) is 0. The third-order valence-corrected chi connectivity index (χ3v) is 8.21. The van der Waals surface area contributed by atoms with Gasteiger partial charge in [-0.15, -0.1) is 0 Å². The number of nitrogens with zero attached hydrogens (tertiary/aromatic N) is 3. The fourth-order valence-electron chi connectivity index (χ4n) is 3.55. The molecule has 0 spiro atoms. The van der Waals surface area contributed by atoms with Crippen LogP contribution in [0.1, 0.15) is 23.2 Å². The standard InChI is InChI=1S/C22H25N3O5S2/c1-24(2)32(27,28)18-7-4-15(5-8-18)21(26)25-12-10-16(11-13-25)30-22-23-19-14-17(29-3)6-9-20(19)31-22/h4-9,14,16H,10-13H2,1-3H3. The van der Waals surface area contributed by atoms with Gasteiger partial charge in [0.15, 0.2) is 0 Å². The van der Waals surface area contributed by atoms with Crippen LogP contribution in [0.4, 0.5) is 0 Å². The lowest BCUT2D eigenvalue weighted by Gasteiger charge is -2.31. The van der Waals surface area contributed by atoms with E-state index in [1.54, 1.807) is 24.1 Å². The molecule has 1 amide bonds. The Morgan fingerprint density at radius 2 is 1.81 bits per heavy atom. The number of fused-ring (bicyclic) bond motifs is 1. The molecule has 2 aromatic carbocycles. The number of sulfonamides is 1. The second-order valence-electron chi connectivity index (χ2n) is 7.73. The second-order valence-corrected chi connectivity index (χ2v) is 10.9. The summed E-state index contributed by atoms with van der Waals surface area (Å²) < 4.78 is 37.9. The van der Waals surface area contributed by atoms with Crippen LogP contribution in [0.2, 0.25) is 0 Å². The molecule has 0 unspecified atom stereocenters. The van der Waals surface area contributed by atoms with Crippen molar-refractivity contribution < 1.29 is 22.7 Å². The van der Waals surface area contributed by atoms with Gasteiger partial charge >= 0.3 is 0 Å². The van der Waals surface area contributed by atoms with E-state index in [4.69, 9.17) is 9.47 Å². The number of aromatic nitrogens is 1. The Morgan fingerprint density at radius 3 is 2.44 bits per heavy atom. The Bertz CT molecular complexity index is 1210. The van der Waals surface area contributed by atoms with Crippen molar-refractivity contribution in [1.29, 1.82) is 0 Å². The maximum Gasteiger partial charge on any atom is 0.274 e. The van der Waals surface area contributed by atoms with Crippen molar-refractivity contribution in [3.63, 3.8) is 0 Å². The van der Waals surface area contributed by atoms with Gasteiger partial charge in [0.05, 0.1) is 22.2 Å². The third-order valence-electron chi connectivity index (χ3n) is 5.45. The predicted molar refractivity (Wildman–Crippen MR) is 123 cm³/mol. The zero-order valence-electron chi connectivity index (χ0n) is 18.1. The molecule has 10 heteroatoms. The Morgan fingerprint density at radius 1 is 1.12 bits per heavy atom. The molecule has 1 saturated heterocycles. The molecule has 0 atom stereocenters. The van der Waals surface area contributed by atoms with Crippen LogP contribution < -0.4 is 9.47 Å². The topological polar surface area (TPSA) is 89.0 Å². The predicted octanol–water partition coefficient (Wildman–Crippen LogP) is 3.24. The molecule has 0 N–H and O–H groups in total. The summed E-state index contributed by atoms with van der Waals surface area (Å²) in [7, 11) is 1.07. The van der Waals surface area contributed by atoms with Crippen molar-refractivity contribution in [3.8, 4) is 10.9 Å². The first-order chi connectivity index (χ1) is 15.3. The lowest BCUT2D eigenvalue weighted by molar-refractivity contribution is 0.0595. The maximum atomic E-state index is 12.8. The van der Waals surface area contributed by atoms with Gasteiger partial charge in [0.1, 0.15) is 11.9 Å². The van der Waals surface area contributed by atoms with E-state index in [1.165, 1.54) is 37.6 Å². The summed E-state index contributed by atoms with van der Waals surface area (Å²) in [6, 6.07) is 11.8. The summed E-state index contributed by atoms with van der Waals surface area (Å²) in [4.78, 5) is 19.3. The summed E-state index contributed by atoms with van der Waals surface area (Å²) in [5.74, 6) is 0.651. The molecule has 0 aliphatic carbocycles. The third kappa shape index (κ3) is 4.57. The first-order valence-electron chi connectivity index (χ1n) is 10.2. The van der Waals surface area contributed by atoms with E-state index in [9.17, 15) is 13.2 Å². The van der Waals surface area contributed by atoms with Crippen molar-refractivity contribution in [2.75, 3.05) is 34.3 Å². The van der Waals surface area contributed by atoms with Gasteiger partial charge in [-0.2, -0.15) is 0 Å². The molecule has 3 aromatic rings. The first-order valence-corrected chi connectivity index (χ1v) is 12.5. The Labute approximate surface area is 191 Å². The summed E-state index contributed by atoms with van der Waals surface area (Å²) in [5, 5.41) is 0.621. The molecule has 1 aliphatic rings. The SMILES string of the molecule is COc1ccc2sc(OC3CCN(C(=O)c4ccc(S(=O)(=O)N(C)C)cc4)CC3)nc2c1. The Balaban J connectivity index is 1.35. The number of methoxy groups -OCH3 is 1. The molecular weight excluding hydrogens is 450 g/mol. The molecule has 2 heterocycles. The molecule has 0 radical (unpaired) electrons. The van der Waals surface area contributed by atoms with E-state index in [1.807, 2.05) is 18.2 Å². The van der Waals surface area contributed by atoms with Gasteiger partial charge in [0, 0.05) is 51.7 Å². The summed E-state index contributed by atoms with van der Waals surface area (Å²) in [6.45, 7) is 1.14. The van der Waals surface area contributed by atoms with Crippen LogP contribution in [0.15, 0.2) is 47.4 Å². The van der Waals surface area contributed by atoms with Crippen molar-refractivity contribution in [3.05, 3.63) is 48.0 Å². The van der Waals surface area contributed by atoms with Crippen LogP contribution in [0.5, 0.6) is 10.9 Å². The average Bonchev–Trinajstić information content (AvgIpc) is 3.20. The highest BCUT2D eigenvalue weighted by Crippen LogP contribution is 2.32. The summed E-state index contributed by atoms with van der Waals surface area (Å²) in [6.07, 6.45) is 1.41.